The number of nitrogens with zero attached hydrogens (tertiary/aromatic N) is 2. The fraction of sp³-hybridized carbons (Fsp3) is 0.125. The summed E-state index contributed by atoms with van der Waals surface area (Å²) in [6, 6.07) is 8.13. The van der Waals surface area contributed by atoms with Crippen molar-refractivity contribution in [1.82, 2.24) is 4.98 Å². The molecule has 1 N–H and O–H groups in total. The van der Waals surface area contributed by atoms with Crippen molar-refractivity contribution < 1.29 is 19.4 Å². The summed E-state index contributed by atoms with van der Waals surface area (Å²) in [5.41, 5.74) is 1.28. The molecule has 2 rings (SSSR count). The van der Waals surface area contributed by atoms with Crippen LogP contribution in [0.1, 0.15) is 38.3 Å². The minimum atomic E-state index is -1.01. The monoisotopic (exact) mass is 328 g/mol. The molecule has 1 heterocycles. The molecule has 116 valence electrons. The molecule has 0 fully saturated rings. The second-order valence-electron chi connectivity index (χ2n) is 4.36. The maximum Gasteiger partial charge on any atom is 0.357 e. The smallest absolute Gasteiger partial charge is 0.357 e. The molecule has 0 aliphatic carbocycles. The van der Waals surface area contributed by atoms with E-state index in [4.69, 9.17) is 9.84 Å². The average molecular weight is 328 g/mol. The van der Waals surface area contributed by atoms with Gasteiger partial charge in [-0.15, -0.1) is 11.3 Å². The molecule has 1 aromatic carbocycles. The molecular weight excluding hydrogens is 316 g/mol. The van der Waals surface area contributed by atoms with Crippen molar-refractivity contribution in [2.45, 2.75) is 6.92 Å². The van der Waals surface area contributed by atoms with Gasteiger partial charge >= 0.3 is 11.9 Å². The molecule has 0 bridgehead atoms. The number of benzene rings is 1. The maximum absolute atomic E-state index is 11.6. The van der Waals surface area contributed by atoms with E-state index in [1.807, 2.05) is 6.07 Å². The third kappa shape index (κ3) is 4.02. The summed E-state index contributed by atoms with van der Waals surface area (Å²) < 4.78 is 4.86. The van der Waals surface area contributed by atoms with E-state index >= 15 is 0 Å². The van der Waals surface area contributed by atoms with Crippen molar-refractivity contribution in [2.75, 3.05) is 6.61 Å². The Labute approximate surface area is 136 Å². The normalized spacial score (nSPS) is 10.9. The molecule has 0 radical (unpaired) electrons. The molecule has 0 amide bonds. The topological polar surface area (TPSA) is 100 Å². The van der Waals surface area contributed by atoms with E-state index in [2.05, 4.69) is 4.98 Å². The van der Waals surface area contributed by atoms with Gasteiger partial charge in [0.2, 0.25) is 0 Å². The lowest BCUT2D eigenvalue weighted by molar-refractivity contribution is 0.0520. The van der Waals surface area contributed by atoms with Crippen molar-refractivity contribution in [3.63, 3.8) is 0 Å². The molecule has 0 aliphatic rings. The molecule has 23 heavy (non-hydrogen) atoms. The minimum Gasteiger partial charge on any atom is -0.478 e. The summed E-state index contributed by atoms with van der Waals surface area (Å²) in [7, 11) is 0. The van der Waals surface area contributed by atoms with Crippen LogP contribution in [0, 0.1) is 11.3 Å². The number of carbonyl (C=O) groups is 2. The second-order valence-corrected chi connectivity index (χ2v) is 5.21. The molecule has 0 atom stereocenters. The highest BCUT2D eigenvalue weighted by atomic mass is 32.1. The number of thiazole rings is 1. The molecule has 0 saturated heterocycles. The van der Waals surface area contributed by atoms with Crippen LogP contribution in [0.3, 0.4) is 0 Å². The van der Waals surface area contributed by atoms with E-state index in [9.17, 15) is 14.9 Å². The van der Waals surface area contributed by atoms with Gasteiger partial charge in [-0.05, 0) is 30.7 Å². The molecule has 1 aromatic heterocycles. The van der Waals surface area contributed by atoms with Crippen molar-refractivity contribution >= 4 is 34.9 Å². The molecule has 0 unspecified atom stereocenters. The standard InChI is InChI=1S/C16H12N2O4S/c1-2-22-16(21)13-9-23-14(18-13)12(8-17)7-10-3-5-11(6-4-10)15(19)20/h3-7,9H,2H2,1H3,(H,19,20)/b12-7-. The van der Waals surface area contributed by atoms with Crippen LogP contribution in [0.15, 0.2) is 29.6 Å². The lowest BCUT2D eigenvalue weighted by Gasteiger charge is -1.98. The predicted octanol–water partition coefficient (Wildman–Crippen LogP) is 3.08. The Morgan fingerprint density at radius 2 is 2.09 bits per heavy atom. The highest BCUT2D eigenvalue weighted by Gasteiger charge is 2.14. The number of nitriles is 1. The fourth-order valence-electron chi connectivity index (χ4n) is 1.73. The van der Waals surface area contributed by atoms with Crippen LogP contribution in [-0.4, -0.2) is 28.6 Å². The van der Waals surface area contributed by atoms with E-state index in [1.165, 1.54) is 28.8 Å². The number of rotatable bonds is 5. The molecular formula is C16H12N2O4S. The van der Waals surface area contributed by atoms with Crippen LogP contribution in [-0.2, 0) is 4.74 Å². The summed E-state index contributed by atoms with van der Waals surface area (Å²) in [6.45, 7) is 1.95. The average Bonchev–Trinajstić information content (AvgIpc) is 3.03. The summed E-state index contributed by atoms with van der Waals surface area (Å²) in [5, 5.41) is 20.1. The first-order chi connectivity index (χ1) is 11.0. The lowest BCUT2D eigenvalue weighted by atomic mass is 10.1. The summed E-state index contributed by atoms with van der Waals surface area (Å²) in [5.74, 6) is -1.54. The van der Waals surface area contributed by atoms with Crippen LogP contribution in [0.25, 0.3) is 11.6 Å². The van der Waals surface area contributed by atoms with Crippen LogP contribution in [0.5, 0.6) is 0 Å². The zero-order valence-electron chi connectivity index (χ0n) is 12.1. The van der Waals surface area contributed by atoms with Crippen molar-refractivity contribution in [2.24, 2.45) is 0 Å². The Hall–Kier alpha value is -2.98. The van der Waals surface area contributed by atoms with Gasteiger partial charge in [0.1, 0.15) is 11.1 Å². The summed E-state index contributed by atoms with van der Waals surface area (Å²) in [4.78, 5) is 26.5. The number of hydrogen-bond donors (Lipinski definition) is 1. The van der Waals surface area contributed by atoms with Gasteiger partial charge in [0.25, 0.3) is 0 Å². The predicted molar refractivity (Wildman–Crippen MR) is 85.0 cm³/mol. The Bertz CT molecular complexity index is 800. The summed E-state index contributed by atoms with van der Waals surface area (Å²) >= 11 is 1.17. The Balaban J connectivity index is 2.27. The van der Waals surface area contributed by atoms with Gasteiger partial charge in [-0.1, -0.05) is 12.1 Å². The largest absolute Gasteiger partial charge is 0.478 e. The number of carboxylic acid groups (broad SMARTS) is 1. The van der Waals surface area contributed by atoms with Crippen LogP contribution in [0.2, 0.25) is 0 Å². The molecule has 0 aliphatic heterocycles. The highest BCUT2D eigenvalue weighted by molar-refractivity contribution is 7.11. The number of allylic oxidation sites excluding steroid dienone is 1. The van der Waals surface area contributed by atoms with Crippen molar-refractivity contribution in [3.05, 3.63) is 51.5 Å². The van der Waals surface area contributed by atoms with Gasteiger partial charge in [-0.25, -0.2) is 14.6 Å². The van der Waals surface area contributed by atoms with Gasteiger partial charge in [0, 0.05) is 5.38 Å². The lowest BCUT2D eigenvalue weighted by Crippen LogP contribution is -2.04. The quantitative estimate of drug-likeness (QED) is 0.668. The number of aromatic carboxylic acids is 1. The Morgan fingerprint density at radius 3 is 2.65 bits per heavy atom. The number of carboxylic acids is 1. The van der Waals surface area contributed by atoms with E-state index in [-0.39, 0.29) is 23.4 Å². The SMILES string of the molecule is CCOC(=O)c1csc(/C(C#N)=C\c2ccc(C(=O)O)cc2)n1. The van der Waals surface area contributed by atoms with E-state index in [0.717, 1.165) is 0 Å². The van der Waals surface area contributed by atoms with Crippen LogP contribution >= 0.6 is 11.3 Å². The van der Waals surface area contributed by atoms with E-state index < -0.39 is 11.9 Å². The first-order valence-corrected chi connectivity index (χ1v) is 7.51. The Kier molecular flexibility index (Phi) is 5.23. The van der Waals surface area contributed by atoms with Gasteiger partial charge in [0.05, 0.1) is 17.7 Å². The van der Waals surface area contributed by atoms with Gasteiger partial charge in [0.15, 0.2) is 5.69 Å². The third-order valence-corrected chi connectivity index (χ3v) is 3.68. The van der Waals surface area contributed by atoms with Crippen LogP contribution in [0.4, 0.5) is 0 Å². The number of esters is 1. The molecule has 7 heteroatoms. The van der Waals surface area contributed by atoms with E-state index in [0.29, 0.717) is 10.6 Å². The van der Waals surface area contributed by atoms with Gasteiger partial charge in [-0.3, -0.25) is 0 Å². The van der Waals surface area contributed by atoms with Crippen molar-refractivity contribution in [1.29, 1.82) is 5.26 Å². The first kappa shape index (κ1) is 16.4. The Morgan fingerprint density at radius 1 is 1.39 bits per heavy atom. The third-order valence-electron chi connectivity index (χ3n) is 2.81. The van der Waals surface area contributed by atoms with Crippen molar-refractivity contribution in [3.8, 4) is 6.07 Å². The number of ether oxygens (including phenoxy) is 1. The minimum absolute atomic E-state index is 0.161. The number of aromatic nitrogens is 1. The molecule has 0 saturated carbocycles. The fourth-order valence-corrected chi connectivity index (χ4v) is 2.48. The van der Waals surface area contributed by atoms with E-state index in [1.54, 1.807) is 25.1 Å². The highest BCUT2D eigenvalue weighted by Crippen LogP contribution is 2.22. The molecule has 6 nitrogen and oxygen atoms in total. The zero-order chi connectivity index (χ0) is 16.8. The molecule has 2 aromatic rings. The van der Waals surface area contributed by atoms with Gasteiger partial charge in [-0.2, -0.15) is 5.26 Å². The second kappa shape index (κ2) is 7.33. The maximum atomic E-state index is 11.6. The number of hydrogen-bond acceptors (Lipinski definition) is 6. The first-order valence-electron chi connectivity index (χ1n) is 6.63. The molecule has 0 spiro atoms. The summed E-state index contributed by atoms with van der Waals surface area (Å²) in [6.07, 6.45) is 1.58. The van der Waals surface area contributed by atoms with Crippen LogP contribution < -0.4 is 0 Å². The number of carbonyl (C=O) groups excluding carboxylic acids is 1. The van der Waals surface area contributed by atoms with Gasteiger partial charge < -0.3 is 9.84 Å². The zero-order valence-corrected chi connectivity index (χ0v) is 13.0.